The van der Waals surface area contributed by atoms with Gasteiger partial charge >= 0.3 is 5.97 Å². The second-order valence-corrected chi connectivity index (χ2v) is 11.2. The van der Waals surface area contributed by atoms with Crippen molar-refractivity contribution in [2.75, 3.05) is 13.7 Å². The number of esters is 1. The Morgan fingerprint density at radius 2 is 1.52 bits per heavy atom. The molecule has 0 amide bonds. The van der Waals surface area contributed by atoms with Crippen molar-refractivity contribution in [3.63, 3.8) is 0 Å². The molecule has 5 rings (SSSR count). The molecule has 1 aromatic heterocycles. The van der Waals surface area contributed by atoms with Crippen molar-refractivity contribution in [2.45, 2.75) is 75.3 Å². The minimum Gasteiger partial charge on any atom is -0.504 e. The summed E-state index contributed by atoms with van der Waals surface area (Å²) in [6.45, 7) is 1.91. The quantitative estimate of drug-likeness (QED) is 0.101. The minimum absolute atomic E-state index is 0.0666. The molecule has 0 radical (unpaired) electrons. The SMILES string of the molecule is COc1c(O)cc2oc(-c3ccc(O)c(O)c3)c(O[C@@H]3O[C@H](CO[C@@H]4O[C@@H](C)[C@H](OC(C)=O)[C@@H](O)[C@H]4O)[C@@H](O)[C@H](O)[C@H]3O)c(=O)c2c1O. The number of fused-ring (bicyclic) bond motifs is 1. The van der Waals surface area contributed by atoms with Gasteiger partial charge in [-0.05, 0) is 25.1 Å². The van der Waals surface area contributed by atoms with E-state index in [4.69, 9.17) is 32.8 Å². The Morgan fingerprint density at radius 1 is 0.833 bits per heavy atom. The third kappa shape index (κ3) is 6.39. The first kappa shape index (κ1) is 34.9. The van der Waals surface area contributed by atoms with Gasteiger partial charge in [-0.1, -0.05) is 0 Å². The molecule has 0 unspecified atom stereocenters. The number of carbonyl (C=O) groups excluding carboxylic acids is 1. The Balaban J connectivity index is 1.47. The van der Waals surface area contributed by atoms with E-state index in [1.54, 1.807) is 0 Å². The number of hydrogen-bond acceptors (Lipinski definition) is 18. The Bertz CT molecular complexity index is 1720. The molecule has 18 heteroatoms. The molecule has 2 fully saturated rings. The third-order valence-electron chi connectivity index (χ3n) is 7.90. The lowest BCUT2D eigenvalue weighted by Gasteiger charge is -2.43. The summed E-state index contributed by atoms with van der Waals surface area (Å²) in [7, 11) is 1.12. The van der Waals surface area contributed by atoms with Crippen LogP contribution in [0.2, 0.25) is 0 Å². The zero-order chi connectivity index (χ0) is 35.2. The molecular formula is C30H34O18. The van der Waals surface area contributed by atoms with Crippen LogP contribution >= 0.6 is 0 Å². The fourth-order valence-corrected chi connectivity index (χ4v) is 5.40. The maximum Gasteiger partial charge on any atom is 0.303 e. The van der Waals surface area contributed by atoms with Gasteiger partial charge in [0.2, 0.25) is 23.2 Å². The molecule has 18 nitrogen and oxygen atoms in total. The molecule has 262 valence electrons. The first-order valence-electron chi connectivity index (χ1n) is 14.4. The lowest BCUT2D eigenvalue weighted by molar-refractivity contribution is -0.319. The van der Waals surface area contributed by atoms with Crippen LogP contribution < -0.4 is 14.9 Å². The number of phenolic OH excluding ortho intramolecular Hbond substituents is 4. The number of aromatic hydroxyl groups is 4. The molecular weight excluding hydrogens is 648 g/mol. The summed E-state index contributed by atoms with van der Waals surface area (Å²) in [6.07, 6.45) is -16.3. The number of phenols is 4. The van der Waals surface area contributed by atoms with Gasteiger partial charge in [-0.25, -0.2) is 0 Å². The average molecular weight is 683 g/mol. The molecule has 10 atom stereocenters. The highest BCUT2D eigenvalue weighted by Crippen LogP contribution is 2.44. The van der Waals surface area contributed by atoms with Gasteiger partial charge < -0.3 is 78.8 Å². The Morgan fingerprint density at radius 3 is 2.17 bits per heavy atom. The fraction of sp³-hybridized carbons (Fsp3) is 0.467. The van der Waals surface area contributed by atoms with E-state index >= 15 is 0 Å². The fourth-order valence-electron chi connectivity index (χ4n) is 5.40. The molecule has 0 saturated carbocycles. The average Bonchev–Trinajstić information content (AvgIpc) is 3.03. The number of hydrogen-bond donors (Lipinski definition) is 9. The third-order valence-corrected chi connectivity index (χ3v) is 7.90. The van der Waals surface area contributed by atoms with Crippen molar-refractivity contribution in [3.8, 4) is 45.8 Å². The highest BCUT2D eigenvalue weighted by molar-refractivity contribution is 5.91. The van der Waals surface area contributed by atoms with Gasteiger partial charge in [-0.2, -0.15) is 0 Å². The number of methoxy groups -OCH3 is 1. The summed E-state index contributed by atoms with van der Waals surface area (Å²) in [6, 6.07) is 4.25. The largest absolute Gasteiger partial charge is 0.504 e. The van der Waals surface area contributed by atoms with E-state index in [-0.39, 0.29) is 11.1 Å². The highest BCUT2D eigenvalue weighted by Gasteiger charge is 2.48. The van der Waals surface area contributed by atoms with Crippen molar-refractivity contribution < 1.29 is 83.6 Å². The molecule has 48 heavy (non-hydrogen) atoms. The molecule has 3 aromatic rings. The monoisotopic (exact) mass is 682 g/mol. The molecule has 2 aliphatic heterocycles. The van der Waals surface area contributed by atoms with E-state index in [2.05, 4.69) is 0 Å². The van der Waals surface area contributed by atoms with E-state index in [0.29, 0.717) is 0 Å². The lowest BCUT2D eigenvalue weighted by atomic mass is 9.98. The molecule has 0 bridgehead atoms. The number of ether oxygens (including phenoxy) is 6. The van der Waals surface area contributed by atoms with Crippen LogP contribution in [0.25, 0.3) is 22.3 Å². The van der Waals surface area contributed by atoms with Gasteiger partial charge in [0.25, 0.3) is 0 Å². The summed E-state index contributed by atoms with van der Waals surface area (Å²) < 4.78 is 38.2. The zero-order valence-electron chi connectivity index (χ0n) is 25.5. The smallest absolute Gasteiger partial charge is 0.303 e. The number of carbonyl (C=O) groups is 1. The highest BCUT2D eigenvalue weighted by atomic mass is 16.7. The molecule has 0 spiro atoms. The molecule has 2 saturated heterocycles. The minimum atomic E-state index is -2.02. The van der Waals surface area contributed by atoms with Gasteiger partial charge in [-0.15, -0.1) is 0 Å². The number of aliphatic hydroxyl groups excluding tert-OH is 5. The Hall–Kier alpha value is -4.40. The van der Waals surface area contributed by atoms with E-state index in [1.165, 1.54) is 13.0 Å². The van der Waals surface area contributed by atoms with Crippen LogP contribution in [0.1, 0.15) is 13.8 Å². The summed E-state index contributed by atoms with van der Waals surface area (Å²) >= 11 is 0. The van der Waals surface area contributed by atoms with E-state index in [9.17, 15) is 55.5 Å². The predicted octanol–water partition coefficient (Wildman–Crippen LogP) is -1.11. The molecule has 2 aliphatic rings. The second kappa shape index (κ2) is 13.6. The topological polar surface area (TPSA) is 285 Å². The summed E-state index contributed by atoms with van der Waals surface area (Å²) in [5.41, 5.74) is -1.53. The molecule has 9 N–H and O–H groups in total. The van der Waals surface area contributed by atoms with Crippen molar-refractivity contribution >= 4 is 16.9 Å². The van der Waals surface area contributed by atoms with Crippen molar-refractivity contribution in [1.29, 1.82) is 0 Å². The molecule has 3 heterocycles. The van der Waals surface area contributed by atoms with Crippen LogP contribution in [0.15, 0.2) is 33.5 Å². The van der Waals surface area contributed by atoms with Gasteiger partial charge in [0.15, 0.2) is 41.2 Å². The van der Waals surface area contributed by atoms with Crippen LogP contribution in [-0.4, -0.2) is 127 Å². The van der Waals surface area contributed by atoms with Crippen LogP contribution in [0.3, 0.4) is 0 Å². The summed E-state index contributed by atoms with van der Waals surface area (Å²) in [4.78, 5) is 25.2. The van der Waals surface area contributed by atoms with Crippen LogP contribution in [0.4, 0.5) is 0 Å². The van der Waals surface area contributed by atoms with E-state index < -0.39 is 125 Å². The number of benzene rings is 2. The van der Waals surface area contributed by atoms with Crippen molar-refractivity contribution in [1.82, 2.24) is 0 Å². The first-order valence-corrected chi connectivity index (χ1v) is 14.4. The van der Waals surface area contributed by atoms with Crippen LogP contribution in [0.5, 0.6) is 34.5 Å². The maximum absolute atomic E-state index is 13.8. The van der Waals surface area contributed by atoms with Gasteiger partial charge in [0.1, 0.15) is 47.6 Å². The summed E-state index contributed by atoms with van der Waals surface area (Å²) in [5.74, 6) is -4.98. The maximum atomic E-state index is 13.8. The number of aliphatic hydroxyl groups is 5. The van der Waals surface area contributed by atoms with Crippen LogP contribution in [0, 0.1) is 0 Å². The van der Waals surface area contributed by atoms with Crippen molar-refractivity contribution in [2.24, 2.45) is 0 Å². The van der Waals surface area contributed by atoms with E-state index in [1.807, 2.05) is 0 Å². The van der Waals surface area contributed by atoms with Crippen molar-refractivity contribution in [3.05, 3.63) is 34.5 Å². The molecule has 2 aromatic carbocycles. The Labute approximate surface area is 270 Å². The lowest BCUT2D eigenvalue weighted by Crippen LogP contribution is -2.62. The Kier molecular flexibility index (Phi) is 9.90. The first-order chi connectivity index (χ1) is 22.6. The predicted molar refractivity (Wildman–Crippen MR) is 156 cm³/mol. The van der Waals surface area contributed by atoms with Gasteiger partial charge in [0.05, 0.1) is 19.8 Å². The van der Waals surface area contributed by atoms with Crippen LogP contribution in [-0.2, 0) is 23.7 Å². The normalized spacial score (nSPS) is 30.6. The van der Waals surface area contributed by atoms with E-state index in [0.717, 1.165) is 32.2 Å². The second-order valence-electron chi connectivity index (χ2n) is 11.2. The molecule has 0 aliphatic carbocycles. The van der Waals surface area contributed by atoms with Gasteiger partial charge in [0, 0.05) is 18.6 Å². The number of rotatable bonds is 8. The van der Waals surface area contributed by atoms with Gasteiger partial charge in [-0.3, -0.25) is 9.59 Å². The zero-order valence-corrected chi connectivity index (χ0v) is 25.5. The standard InChI is InChI=1S/C30H34O18/c1-9-25(45-10(2)31)22(39)24(41)29(44-9)43-8-16-18(35)21(38)23(40)30(47-16)48-28-20(37)17-15(7-14(34)27(42-3)19(17)36)46-26(28)11-4-5-12(32)13(33)6-11/h4-7,9,16,18,21-25,29-30,32-36,38-41H,8H2,1-3H3/t9-,16+,18+,21-,22-,23+,24+,25-,29+,30-/m0/s1. The summed E-state index contributed by atoms with van der Waals surface area (Å²) in [5, 5.41) is 93.5.